The largest absolute Gasteiger partial charge is 0.494 e. The normalized spacial score (nSPS) is 14.2. The van der Waals surface area contributed by atoms with E-state index >= 15 is 0 Å². The van der Waals surface area contributed by atoms with E-state index in [4.69, 9.17) is 35.4 Å². The van der Waals surface area contributed by atoms with E-state index in [-0.39, 0.29) is 21.2 Å². The summed E-state index contributed by atoms with van der Waals surface area (Å²) in [5, 5.41) is 11.4. The molecular weight excluding hydrogens is 417 g/mol. The van der Waals surface area contributed by atoms with Gasteiger partial charge in [0.2, 0.25) is 5.88 Å². The summed E-state index contributed by atoms with van der Waals surface area (Å²) in [6.45, 7) is 1.85. The maximum absolute atomic E-state index is 12.6. The van der Waals surface area contributed by atoms with Crippen molar-refractivity contribution in [3.05, 3.63) is 78.8 Å². The maximum Gasteiger partial charge on any atom is 0.262 e. The number of benzene rings is 2. The van der Waals surface area contributed by atoms with Crippen LogP contribution in [0, 0.1) is 4.77 Å². The minimum atomic E-state index is -0.512. The zero-order chi connectivity index (χ0) is 20.0. The lowest BCUT2D eigenvalue weighted by atomic mass is 10.0. The van der Waals surface area contributed by atoms with Gasteiger partial charge in [-0.1, -0.05) is 47.5 Å². The Balaban J connectivity index is 1.98. The molecule has 0 aliphatic carbocycles. The summed E-state index contributed by atoms with van der Waals surface area (Å²) >= 11 is 17.6. The van der Waals surface area contributed by atoms with Crippen LogP contribution in [-0.2, 0) is 0 Å². The van der Waals surface area contributed by atoms with Crippen LogP contribution in [0.15, 0.2) is 52.3 Å². The molecule has 0 spiro atoms. The number of fused-ring (bicyclic) bond motifs is 1. The topological polar surface area (TPSA) is 70.4 Å². The number of hydrogen-bond donors (Lipinski definition) is 2. The van der Waals surface area contributed by atoms with Crippen molar-refractivity contribution in [1.82, 2.24) is 9.55 Å². The Morgan fingerprint density at radius 3 is 2.71 bits per heavy atom. The molecule has 0 unspecified atom stereocenters. The van der Waals surface area contributed by atoms with Gasteiger partial charge >= 0.3 is 0 Å². The zero-order valence-electron chi connectivity index (χ0n) is 14.5. The minimum absolute atomic E-state index is 0.00558. The van der Waals surface area contributed by atoms with Crippen molar-refractivity contribution in [3.63, 3.8) is 0 Å². The van der Waals surface area contributed by atoms with Crippen molar-refractivity contribution in [3.8, 4) is 11.6 Å². The second-order valence-corrected chi connectivity index (χ2v) is 7.35. The molecule has 3 aromatic rings. The molecule has 140 valence electrons. The van der Waals surface area contributed by atoms with E-state index in [0.29, 0.717) is 10.7 Å². The number of nitrogens with zero attached hydrogens (tertiary/aromatic N) is 2. The molecule has 0 saturated carbocycles. The van der Waals surface area contributed by atoms with Gasteiger partial charge in [0.25, 0.3) is 5.56 Å². The third-order valence-electron chi connectivity index (χ3n) is 4.45. The molecule has 0 atom stereocenters. The molecule has 0 amide bonds. The third kappa shape index (κ3) is 2.99. The van der Waals surface area contributed by atoms with E-state index in [2.05, 4.69) is 9.98 Å². The second-order valence-electron chi connectivity index (χ2n) is 6.18. The van der Waals surface area contributed by atoms with Crippen LogP contribution in [0.1, 0.15) is 18.1 Å². The number of para-hydroxylation sites is 1. The zero-order valence-corrected chi connectivity index (χ0v) is 16.9. The summed E-state index contributed by atoms with van der Waals surface area (Å²) in [7, 11) is 0. The predicted molar refractivity (Wildman–Crippen MR) is 116 cm³/mol. The molecule has 1 aromatic heterocycles. The molecule has 28 heavy (non-hydrogen) atoms. The summed E-state index contributed by atoms with van der Waals surface area (Å²) in [5.41, 5.74) is 3.09. The number of allylic oxidation sites excluding steroid dienone is 1. The maximum atomic E-state index is 12.6. The molecule has 4 rings (SSSR count). The van der Waals surface area contributed by atoms with Gasteiger partial charge in [-0.15, -0.1) is 0 Å². The molecule has 1 aliphatic rings. The monoisotopic (exact) mass is 429 g/mol. The highest BCUT2D eigenvalue weighted by Crippen LogP contribution is 2.37. The van der Waals surface area contributed by atoms with E-state index in [9.17, 15) is 9.90 Å². The number of nitrogens with one attached hydrogen (secondary N) is 1. The fourth-order valence-corrected chi connectivity index (χ4v) is 3.78. The summed E-state index contributed by atoms with van der Waals surface area (Å²) in [6.07, 6.45) is 1.60. The highest BCUT2D eigenvalue weighted by atomic mass is 35.5. The summed E-state index contributed by atoms with van der Waals surface area (Å²) in [5.74, 6) is -0.331. The first-order chi connectivity index (χ1) is 13.4. The second kappa shape index (κ2) is 7.05. The van der Waals surface area contributed by atoms with Gasteiger partial charge in [-0.2, -0.15) is 0 Å². The average Bonchev–Trinajstić information content (AvgIpc) is 2.97. The van der Waals surface area contributed by atoms with Gasteiger partial charge in [-0.25, -0.2) is 0 Å². The van der Waals surface area contributed by atoms with Crippen LogP contribution in [0.5, 0.6) is 5.88 Å². The molecule has 0 radical (unpaired) electrons. The fraction of sp³-hybridized carbons (Fsp3) is 0.0500. The highest BCUT2D eigenvalue weighted by molar-refractivity contribution is 7.71. The Morgan fingerprint density at radius 1 is 1.18 bits per heavy atom. The van der Waals surface area contributed by atoms with Gasteiger partial charge in [-0.3, -0.25) is 19.3 Å². The molecular formula is C20H13Cl2N3O2S. The van der Waals surface area contributed by atoms with Gasteiger partial charge in [0, 0.05) is 16.8 Å². The number of aliphatic imine (C=N–C) groups is 1. The van der Waals surface area contributed by atoms with Crippen molar-refractivity contribution < 1.29 is 5.11 Å². The molecule has 5 nitrogen and oxygen atoms in total. The van der Waals surface area contributed by atoms with Crippen LogP contribution >= 0.6 is 35.4 Å². The van der Waals surface area contributed by atoms with E-state index in [0.717, 1.165) is 22.5 Å². The Hall–Kier alpha value is -2.67. The number of aromatic hydroxyl groups is 1. The Labute approximate surface area is 175 Å². The van der Waals surface area contributed by atoms with Gasteiger partial charge in [0.05, 0.1) is 21.4 Å². The lowest BCUT2D eigenvalue weighted by Gasteiger charge is -2.14. The van der Waals surface area contributed by atoms with Crippen LogP contribution in [0.3, 0.4) is 0 Å². The molecule has 8 heteroatoms. The Kier molecular flexibility index (Phi) is 4.71. The summed E-state index contributed by atoms with van der Waals surface area (Å²) < 4.78 is 1.29. The predicted octanol–water partition coefficient (Wildman–Crippen LogP) is 5.55. The average molecular weight is 430 g/mol. The van der Waals surface area contributed by atoms with Crippen LogP contribution in [0.2, 0.25) is 10.0 Å². The van der Waals surface area contributed by atoms with Gasteiger partial charge in [0.1, 0.15) is 5.56 Å². The van der Waals surface area contributed by atoms with Crippen molar-refractivity contribution in [2.45, 2.75) is 6.92 Å². The van der Waals surface area contributed by atoms with Gasteiger partial charge in [0.15, 0.2) is 4.77 Å². The first-order valence-corrected chi connectivity index (χ1v) is 9.44. The minimum Gasteiger partial charge on any atom is -0.494 e. The first-order valence-electron chi connectivity index (χ1n) is 8.28. The molecule has 1 aliphatic heterocycles. The number of aromatic nitrogens is 2. The van der Waals surface area contributed by atoms with Gasteiger partial charge < -0.3 is 5.11 Å². The number of aromatic amines is 1. The lowest BCUT2D eigenvalue weighted by molar-refractivity contribution is 0.432. The van der Waals surface area contributed by atoms with Gasteiger partial charge in [-0.05, 0) is 43.4 Å². The SMILES string of the molecule is CC1=Nc2ccccc2C1=Cc1c(O)n(-c2cccc(Cl)c2Cl)c(=S)[nH]c1=O. The molecule has 2 N–H and O–H groups in total. The van der Waals surface area contributed by atoms with E-state index < -0.39 is 5.56 Å². The molecule has 2 aromatic carbocycles. The van der Waals surface area contributed by atoms with E-state index in [1.54, 1.807) is 24.3 Å². The number of H-pyrrole nitrogens is 1. The van der Waals surface area contributed by atoms with Crippen LogP contribution in [0.4, 0.5) is 5.69 Å². The van der Waals surface area contributed by atoms with Crippen molar-refractivity contribution >= 4 is 58.5 Å². The van der Waals surface area contributed by atoms with Crippen molar-refractivity contribution in [2.75, 3.05) is 0 Å². The van der Waals surface area contributed by atoms with Crippen molar-refractivity contribution in [1.29, 1.82) is 0 Å². The molecule has 0 fully saturated rings. The van der Waals surface area contributed by atoms with Crippen molar-refractivity contribution in [2.24, 2.45) is 4.99 Å². The van der Waals surface area contributed by atoms with Crippen LogP contribution in [-0.4, -0.2) is 20.4 Å². The number of halogens is 2. The Morgan fingerprint density at radius 2 is 1.93 bits per heavy atom. The molecule has 0 saturated heterocycles. The summed E-state index contributed by atoms with van der Waals surface area (Å²) in [6, 6.07) is 12.5. The summed E-state index contributed by atoms with van der Waals surface area (Å²) in [4.78, 5) is 19.6. The molecule has 2 heterocycles. The number of hydrogen-bond acceptors (Lipinski definition) is 4. The fourth-order valence-electron chi connectivity index (χ4n) is 3.12. The lowest BCUT2D eigenvalue weighted by Crippen LogP contribution is -2.16. The third-order valence-corrected chi connectivity index (χ3v) is 5.55. The quantitative estimate of drug-likeness (QED) is 0.524. The van der Waals surface area contributed by atoms with Crippen LogP contribution in [0.25, 0.3) is 17.3 Å². The number of rotatable bonds is 2. The van der Waals surface area contributed by atoms with E-state index in [1.165, 1.54) is 4.57 Å². The molecule has 0 bridgehead atoms. The van der Waals surface area contributed by atoms with Crippen LogP contribution < -0.4 is 5.56 Å². The standard InChI is InChI=1S/C20H13Cl2N3O2S/c1-10-12(11-5-2-3-7-15(11)23-10)9-13-18(26)24-20(28)25(19(13)27)16-8-4-6-14(21)17(16)22/h2-9,27H,1H3,(H,24,26,28). The highest BCUT2D eigenvalue weighted by Gasteiger charge is 2.21. The first kappa shape index (κ1) is 18.7. The Bertz CT molecular complexity index is 1310. The smallest absolute Gasteiger partial charge is 0.262 e. The van der Waals surface area contributed by atoms with E-state index in [1.807, 2.05) is 31.2 Å².